The second-order valence-electron chi connectivity index (χ2n) is 6.00. The van der Waals surface area contributed by atoms with Crippen LogP contribution in [0.5, 0.6) is 0 Å². The Morgan fingerprint density at radius 2 is 1.78 bits per heavy atom. The molecule has 1 amide bonds. The van der Waals surface area contributed by atoms with Crippen molar-refractivity contribution in [2.45, 2.75) is 31.9 Å². The average molecular weight is 248 g/mol. The molecule has 98 valence electrons. The summed E-state index contributed by atoms with van der Waals surface area (Å²) in [5.41, 5.74) is 5.76. The zero-order valence-corrected chi connectivity index (χ0v) is 11.1. The largest absolute Gasteiger partial charge is 0.382 e. The van der Waals surface area contributed by atoms with Crippen LogP contribution in [0.4, 0.5) is 0 Å². The van der Waals surface area contributed by atoms with E-state index in [0.29, 0.717) is 18.7 Å². The van der Waals surface area contributed by atoms with Crippen LogP contribution >= 0.6 is 0 Å². The first-order valence-electron chi connectivity index (χ1n) is 6.10. The highest BCUT2D eigenvalue weighted by molar-refractivity contribution is 5.92. The SMILES string of the molecule is CC(C)(C)N1CC(O)(c2ccc(C(N)=O)cc2)C1. The molecule has 1 heterocycles. The smallest absolute Gasteiger partial charge is 0.248 e. The molecule has 0 radical (unpaired) electrons. The number of hydrogen-bond donors (Lipinski definition) is 2. The molecule has 0 atom stereocenters. The maximum absolute atomic E-state index is 11.0. The summed E-state index contributed by atoms with van der Waals surface area (Å²) < 4.78 is 0. The highest BCUT2D eigenvalue weighted by Crippen LogP contribution is 2.36. The Balaban J connectivity index is 2.12. The van der Waals surface area contributed by atoms with Gasteiger partial charge in [0.15, 0.2) is 0 Å². The molecule has 4 heteroatoms. The molecule has 0 unspecified atom stereocenters. The van der Waals surface area contributed by atoms with Crippen LogP contribution < -0.4 is 5.73 Å². The zero-order valence-electron chi connectivity index (χ0n) is 11.1. The minimum absolute atomic E-state index is 0.0688. The van der Waals surface area contributed by atoms with E-state index in [0.717, 1.165) is 5.56 Å². The number of rotatable bonds is 2. The molecular formula is C14H20N2O2. The van der Waals surface area contributed by atoms with Crippen LogP contribution in [0.25, 0.3) is 0 Å². The number of hydrogen-bond acceptors (Lipinski definition) is 3. The Bertz CT molecular complexity index is 454. The number of nitrogens with two attached hydrogens (primary N) is 1. The first-order valence-corrected chi connectivity index (χ1v) is 6.10. The van der Waals surface area contributed by atoms with Gasteiger partial charge in [-0.3, -0.25) is 9.69 Å². The van der Waals surface area contributed by atoms with Crippen molar-refractivity contribution in [2.75, 3.05) is 13.1 Å². The van der Waals surface area contributed by atoms with Gasteiger partial charge in [0.1, 0.15) is 5.60 Å². The number of carbonyl (C=O) groups is 1. The highest BCUT2D eigenvalue weighted by Gasteiger charge is 2.46. The number of nitrogens with zero attached hydrogens (tertiary/aromatic N) is 1. The summed E-state index contributed by atoms with van der Waals surface area (Å²) in [6.45, 7) is 7.62. The van der Waals surface area contributed by atoms with Gasteiger partial charge in [0.05, 0.1) is 0 Å². The van der Waals surface area contributed by atoms with Gasteiger partial charge in [0.2, 0.25) is 5.91 Å². The molecule has 0 bridgehead atoms. The van der Waals surface area contributed by atoms with E-state index in [1.807, 2.05) is 0 Å². The fourth-order valence-corrected chi connectivity index (χ4v) is 2.19. The summed E-state index contributed by atoms with van der Waals surface area (Å²) in [6.07, 6.45) is 0. The first kappa shape index (κ1) is 13.1. The molecule has 18 heavy (non-hydrogen) atoms. The van der Waals surface area contributed by atoms with E-state index in [-0.39, 0.29) is 5.54 Å². The van der Waals surface area contributed by atoms with E-state index >= 15 is 0 Å². The van der Waals surface area contributed by atoms with Crippen molar-refractivity contribution in [1.82, 2.24) is 4.90 Å². The van der Waals surface area contributed by atoms with E-state index in [1.54, 1.807) is 24.3 Å². The van der Waals surface area contributed by atoms with Crippen LogP contribution in [0, 0.1) is 0 Å². The second-order valence-corrected chi connectivity index (χ2v) is 6.00. The highest BCUT2D eigenvalue weighted by atomic mass is 16.3. The molecular weight excluding hydrogens is 228 g/mol. The zero-order chi connectivity index (χ0) is 13.6. The molecule has 1 fully saturated rings. The molecule has 3 N–H and O–H groups in total. The topological polar surface area (TPSA) is 66.6 Å². The lowest BCUT2D eigenvalue weighted by atomic mass is 9.82. The van der Waals surface area contributed by atoms with E-state index in [1.165, 1.54) is 0 Å². The molecule has 0 spiro atoms. The number of aliphatic hydroxyl groups is 1. The van der Waals surface area contributed by atoms with E-state index < -0.39 is 11.5 Å². The third-order valence-corrected chi connectivity index (χ3v) is 3.56. The molecule has 1 saturated heterocycles. The van der Waals surface area contributed by atoms with E-state index in [4.69, 9.17) is 5.73 Å². The van der Waals surface area contributed by atoms with Gasteiger partial charge in [-0.25, -0.2) is 0 Å². The van der Waals surface area contributed by atoms with Crippen molar-refractivity contribution in [2.24, 2.45) is 5.73 Å². The molecule has 1 aliphatic heterocycles. The number of β-amino-alcohol motifs (C(OH)–C–C–N with tert-alkyl or cyclic N) is 1. The van der Waals surface area contributed by atoms with Crippen molar-refractivity contribution < 1.29 is 9.90 Å². The average Bonchev–Trinajstić information content (AvgIpc) is 2.23. The molecule has 4 nitrogen and oxygen atoms in total. The quantitative estimate of drug-likeness (QED) is 0.823. The fourth-order valence-electron chi connectivity index (χ4n) is 2.19. The number of likely N-dealkylation sites (tertiary alicyclic amines) is 1. The van der Waals surface area contributed by atoms with E-state index in [9.17, 15) is 9.90 Å². The normalized spacial score (nSPS) is 19.3. The lowest BCUT2D eigenvalue weighted by molar-refractivity contribution is -0.137. The summed E-state index contributed by atoms with van der Waals surface area (Å²) in [7, 11) is 0. The Hall–Kier alpha value is -1.39. The third kappa shape index (κ3) is 2.26. The predicted octanol–water partition coefficient (Wildman–Crippen LogP) is 1.09. The molecule has 0 saturated carbocycles. The second kappa shape index (κ2) is 4.07. The van der Waals surface area contributed by atoms with Crippen LogP contribution in [0.2, 0.25) is 0 Å². The fraction of sp³-hybridized carbons (Fsp3) is 0.500. The Morgan fingerprint density at radius 1 is 1.28 bits per heavy atom. The molecule has 1 aliphatic rings. The lowest BCUT2D eigenvalue weighted by Gasteiger charge is -2.53. The molecule has 1 aromatic carbocycles. The van der Waals surface area contributed by atoms with Gasteiger partial charge >= 0.3 is 0 Å². The third-order valence-electron chi connectivity index (χ3n) is 3.56. The van der Waals surface area contributed by atoms with Crippen molar-refractivity contribution in [1.29, 1.82) is 0 Å². The summed E-state index contributed by atoms with van der Waals surface area (Å²) in [5.74, 6) is -0.446. The molecule has 2 rings (SSSR count). The van der Waals surface area contributed by atoms with Crippen molar-refractivity contribution >= 4 is 5.91 Å². The number of benzene rings is 1. The Kier molecular flexibility index (Phi) is 2.95. The van der Waals surface area contributed by atoms with Crippen LogP contribution in [-0.4, -0.2) is 34.5 Å². The number of amides is 1. The van der Waals surface area contributed by atoms with Gasteiger partial charge in [-0.05, 0) is 38.5 Å². The Morgan fingerprint density at radius 3 is 2.17 bits per heavy atom. The van der Waals surface area contributed by atoms with Crippen LogP contribution in [0.1, 0.15) is 36.7 Å². The van der Waals surface area contributed by atoms with Crippen molar-refractivity contribution in [3.05, 3.63) is 35.4 Å². The van der Waals surface area contributed by atoms with Gasteiger partial charge in [-0.2, -0.15) is 0 Å². The maximum Gasteiger partial charge on any atom is 0.248 e. The van der Waals surface area contributed by atoms with Crippen LogP contribution in [0.3, 0.4) is 0 Å². The molecule has 0 aromatic heterocycles. The molecule has 1 aromatic rings. The van der Waals surface area contributed by atoms with Crippen LogP contribution in [0.15, 0.2) is 24.3 Å². The van der Waals surface area contributed by atoms with Gasteiger partial charge < -0.3 is 10.8 Å². The standard InChI is InChI=1S/C14H20N2O2/c1-13(2,3)16-8-14(18,9-16)11-6-4-10(5-7-11)12(15)17/h4-7,18H,8-9H2,1-3H3,(H2,15,17). The van der Waals surface area contributed by atoms with Gasteiger partial charge in [-0.15, -0.1) is 0 Å². The number of carbonyl (C=O) groups excluding carboxylic acids is 1. The lowest BCUT2D eigenvalue weighted by Crippen LogP contribution is -2.65. The predicted molar refractivity (Wildman–Crippen MR) is 70.2 cm³/mol. The summed E-state index contributed by atoms with van der Waals surface area (Å²) in [5, 5.41) is 10.5. The minimum atomic E-state index is -0.802. The summed E-state index contributed by atoms with van der Waals surface area (Å²) in [6, 6.07) is 6.88. The summed E-state index contributed by atoms with van der Waals surface area (Å²) >= 11 is 0. The van der Waals surface area contributed by atoms with Crippen LogP contribution in [-0.2, 0) is 5.60 Å². The van der Waals surface area contributed by atoms with Gasteiger partial charge in [0.25, 0.3) is 0 Å². The first-order chi connectivity index (χ1) is 8.22. The monoisotopic (exact) mass is 248 g/mol. The number of primary amides is 1. The van der Waals surface area contributed by atoms with Crippen molar-refractivity contribution in [3.63, 3.8) is 0 Å². The Labute approximate surface area is 107 Å². The molecule has 0 aliphatic carbocycles. The van der Waals surface area contributed by atoms with E-state index in [2.05, 4.69) is 25.7 Å². The van der Waals surface area contributed by atoms with Gasteiger partial charge in [0, 0.05) is 24.2 Å². The van der Waals surface area contributed by atoms with Gasteiger partial charge in [-0.1, -0.05) is 12.1 Å². The minimum Gasteiger partial charge on any atom is -0.382 e. The maximum atomic E-state index is 11.0. The van der Waals surface area contributed by atoms with Crippen molar-refractivity contribution in [3.8, 4) is 0 Å². The summed E-state index contributed by atoms with van der Waals surface area (Å²) in [4.78, 5) is 13.2.